The lowest BCUT2D eigenvalue weighted by Gasteiger charge is -2.30. The van der Waals surface area contributed by atoms with Crippen molar-refractivity contribution in [3.8, 4) is 17.5 Å². The van der Waals surface area contributed by atoms with Crippen molar-refractivity contribution in [1.29, 1.82) is 5.26 Å². The van der Waals surface area contributed by atoms with Gasteiger partial charge in [0, 0.05) is 37.8 Å². The Labute approximate surface area is 201 Å². The molecule has 0 unspecified atom stereocenters. The third-order valence-corrected chi connectivity index (χ3v) is 6.22. The van der Waals surface area contributed by atoms with Gasteiger partial charge in [0.2, 0.25) is 0 Å². The monoisotopic (exact) mass is 472 g/mol. The van der Waals surface area contributed by atoms with Gasteiger partial charge >= 0.3 is 0 Å². The van der Waals surface area contributed by atoms with Gasteiger partial charge in [-0.05, 0) is 19.1 Å². The van der Waals surface area contributed by atoms with Crippen molar-refractivity contribution in [3.63, 3.8) is 0 Å². The Morgan fingerprint density at radius 1 is 1.29 bits per heavy atom. The van der Waals surface area contributed by atoms with E-state index in [0.717, 1.165) is 13.1 Å². The van der Waals surface area contributed by atoms with Crippen molar-refractivity contribution in [3.05, 3.63) is 70.2 Å². The van der Waals surface area contributed by atoms with Crippen LogP contribution in [0.4, 0.5) is 5.82 Å². The molecule has 0 atom stereocenters. The molecule has 1 fully saturated rings. The van der Waals surface area contributed by atoms with Gasteiger partial charge in [-0.1, -0.05) is 12.1 Å². The van der Waals surface area contributed by atoms with E-state index in [0.29, 0.717) is 52.8 Å². The van der Waals surface area contributed by atoms with E-state index in [-0.39, 0.29) is 17.8 Å². The lowest BCUT2D eigenvalue weighted by Crippen LogP contribution is -2.44. The third kappa shape index (κ3) is 3.86. The number of nitrogens with one attached hydrogen (secondary N) is 1. The molecule has 178 valence electrons. The van der Waals surface area contributed by atoms with Crippen LogP contribution >= 0.6 is 0 Å². The molecule has 5 rings (SSSR count). The fraction of sp³-hybridized carbons (Fsp3) is 0.280. The van der Waals surface area contributed by atoms with Crippen molar-refractivity contribution < 1.29 is 13.9 Å². The predicted octanol–water partition coefficient (Wildman–Crippen LogP) is 2.26. The fourth-order valence-corrected chi connectivity index (χ4v) is 4.48. The molecule has 1 aromatic carbocycles. The van der Waals surface area contributed by atoms with Gasteiger partial charge in [0.25, 0.3) is 5.56 Å². The number of hydrogen-bond donors (Lipinski definition) is 1. The minimum absolute atomic E-state index is 0.192. The number of aromatic nitrogens is 3. The number of ketones is 1. The van der Waals surface area contributed by atoms with E-state index in [4.69, 9.17) is 9.15 Å². The molecule has 0 spiro atoms. The normalized spacial score (nSPS) is 13.7. The smallest absolute Gasteiger partial charge is 0.278 e. The van der Waals surface area contributed by atoms with E-state index in [1.165, 1.54) is 24.2 Å². The highest BCUT2D eigenvalue weighted by Gasteiger charge is 2.29. The quantitative estimate of drug-likeness (QED) is 0.425. The number of carbonyl (C=O) groups is 1. The van der Waals surface area contributed by atoms with Gasteiger partial charge in [-0.3, -0.25) is 18.7 Å². The van der Waals surface area contributed by atoms with Crippen LogP contribution in [0.1, 0.15) is 21.7 Å². The first-order chi connectivity index (χ1) is 17.0. The van der Waals surface area contributed by atoms with Gasteiger partial charge in [0.05, 0.1) is 25.6 Å². The Hall–Kier alpha value is -4.36. The molecule has 0 amide bonds. The fourth-order valence-electron chi connectivity index (χ4n) is 4.48. The summed E-state index contributed by atoms with van der Waals surface area (Å²) in [5.41, 5.74) is 1.52. The van der Waals surface area contributed by atoms with Gasteiger partial charge in [-0.25, -0.2) is 4.98 Å². The van der Waals surface area contributed by atoms with Crippen molar-refractivity contribution in [2.45, 2.75) is 13.5 Å². The summed E-state index contributed by atoms with van der Waals surface area (Å²) >= 11 is 0. The second kappa shape index (κ2) is 9.12. The summed E-state index contributed by atoms with van der Waals surface area (Å²) in [5, 5.41) is 13.4. The summed E-state index contributed by atoms with van der Waals surface area (Å²) in [7, 11) is 1.53. The average Bonchev–Trinajstić information content (AvgIpc) is 3.53. The first kappa shape index (κ1) is 22.4. The highest BCUT2D eigenvalue weighted by Crippen LogP contribution is 2.33. The first-order valence-corrected chi connectivity index (χ1v) is 11.2. The molecule has 0 saturated carbocycles. The van der Waals surface area contributed by atoms with Crippen molar-refractivity contribution >= 4 is 22.6 Å². The van der Waals surface area contributed by atoms with Gasteiger partial charge in [-0.15, -0.1) is 0 Å². The summed E-state index contributed by atoms with van der Waals surface area (Å²) in [6.07, 6.45) is 3.04. The Balaban J connectivity index is 1.71. The maximum absolute atomic E-state index is 13.9. The SMILES string of the molecule is COc1cccc(C(=O)Cn2c(C)nc3c(C#N)c(N4CCNCC4)n(-c4ccoc4)c3c2=O)c1. The summed E-state index contributed by atoms with van der Waals surface area (Å²) in [6, 6.07) is 10.8. The molecule has 10 heteroatoms. The maximum Gasteiger partial charge on any atom is 0.278 e. The van der Waals surface area contributed by atoms with Gasteiger partial charge < -0.3 is 19.4 Å². The molecule has 1 aliphatic heterocycles. The number of piperazine rings is 1. The number of fused-ring (bicyclic) bond motifs is 1. The number of benzene rings is 1. The molecule has 4 aromatic rings. The number of nitrogens with zero attached hydrogens (tertiary/aromatic N) is 5. The standard InChI is InChI=1S/C25H24N6O4/c1-16-28-22-20(13-26)24(29-9-7-27-8-10-29)31(18-6-11-35-15-18)23(22)25(33)30(16)14-21(32)17-4-3-5-19(12-17)34-2/h3-6,11-12,15,27H,7-10,14H2,1-2H3. The number of rotatable bonds is 6. The highest BCUT2D eigenvalue weighted by molar-refractivity contribution is 5.97. The van der Waals surface area contributed by atoms with Crippen molar-refractivity contribution in [1.82, 2.24) is 19.4 Å². The van der Waals surface area contributed by atoms with Crippen LogP contribution in [0.15, 0.2) is 52.1 Å². The number of Topliss-reactive ketones (excluding diaryl/α,β-unsaturated/α-hetero) is 1. The number of ether oxygens (including phenoxy) is 1. The van der Waals surface area contributed by atoms with Crippen LogP contribution in [0, 0.1) is 18.3 Å². The van der Waals surface area contributed by atoms with Crippen LogP contribution in [0.5, 0.6) is 5.75 Å². The molecule has 10 nitrogen and oxygen atoms in total. The zero-order valence-electron chi connectivity index (χ0n) is 19.4. The van der Waals surface area contributed by atoms with E-state index >= 15 is 0 Å². The van der Waals surface area contributed by atoms with Crippen LogP contribution < -0.4 is 20.5 Å². The zero-order valence-corrected chi connectivity index (χ0v) is 19.4. The van der Waals surface area contributed by atoms with Gasteiger partial charge in [0.15, 0.2) is 5.78 Å². The number of aryl methyl sites for hydroxylation is 1. The van der Waals surface area contributed by atoms with Crippen molar-refractivity contribution in [2.24, 2.45) is 0 Å². The molecular weight excluding hydrogens is 448 g/mol. The second-order valence-corrected chi connectivity index (χ2v) is 8.27. The number of furan rings is 1. The minimum atomic E-state index is -0.400. The van der Waals surface area contributed by atoms with E-state index in [1.807, 2.05) is 0 Å². The Bertz CT molecular complexity index is 1500. The van der Waals surface area contributed by atoms with Crippen LogP contribution in [0.25, 0.3) is 16.7 Å². The van der Waals surface area contributed by atoms with E-state index in [1.54, 1.807) is 41.8 Å². The second-order valence-electron chi connectivity index (χ2n) is 8.27. The third-order valence-electron chi connectivity index (χ3n) is 6.22. The van der Waals surface area contributed by atoms with E-state index in [2.05, 4.69) is 21.3 Å². The van der Waals surface area contributed by atoms with Crippen LogP contribution in [0.3, 0.4) is 0 Å². The molecule has 0 bridgehead atoms. The lowest BCUT2D eigenvalue weighted by molar-refractivity contribution is 0.0969. The van der Waals surface area contributed by atoms with Crippen molar-refractivity contribution in [2.75, 3.05) is 38.2 Å². The molecule has 1 saturated heterocycles. The first-order valence-electron chi connectivity index (χ1n) is 11.2. The van der Waals surface area contributed by atoms with Gasteiger partial charge in [0.1, 0.15) is 46.3 Å². The Morgan fingerprint density at radius 3 is 2.77 bits per heavy atom. The zero-order chi connectivity index (χ0) is 24.5. The average molecular weight is 473 g/mol. The Morgan fingerprint density at radius 2 is 2.09 bits per heavy atom. The minimum Gasteiger partial charge on any atom is -0.497 e. The van der Waals surface area contributed by atoms with Crippen LogP contribution in [-0.2, 0) is 6.54 Å². The number of nitriles is 1. The molecule has 35 heavy (non-hydrogen) atoms. The lowest BCUT2D eigenvalue weighted by atomic mass is 10.1. The van der Waals surface area contributed by atoms with Gasteiger partial charge in [-0.2, -0.15) is 5.26 Å². The maximum atomic E-state index is 13.9. The molecule has 0 aliphatic carbocycles. The highest BCUT2D eigenvalue weighted by atomic mass is 16.5. The predicted molar refractivity (Wildman–Crippen MR) is 129 cm³/mol. The summed E-state index contributed by atoms with van der Waals surface area (Å²) < 4.78 is 13.6. The summed E-state index contributed by atoms with van der Waals surface area (Å²) in [6.45, 7) is 4.32. The topological polar surface area (TPSA) is 118 Å². The van der Waals surface area contributed by atoms with Crippen LogP contribution in [0.2, 0.25) is 0 Å². The molecular formula is C25H24N6O4. The number of carbonyl (C=O) groups excluding carboxylic acids is 1. The Kier molecular flexibility index (Phi) is 5.84. The largest absolute Gasteiger partial charge is 0.497 e. The van der Waals surface area contributed by atoms with E-state index < -0.39 is 5.56 Å². The van der Waals surface area contributed by atoms with Crippen LogP contribution in [-0.4, -0.2) is 53.2 Å². The van der Waals surface area contributed by atoms with E-state index in [9.17, 15) is 14.9 Å². The number of anilines is 1. The summed E-state index contributed by atoms with van der Waals surface area (Å²) in [4.78, 5) is 33.7. The molecule has 1 N–H and O–H groups in total. The molecule has 3 aromatic heterocycles. The molecule has 0 radical (unpaired) electrons. The molecule has 4 heterocycles. The molecule has 1 aliphatic rings. The number of hydrogen-bond acceptors (Lipinski definition) is 8. The summed E-state index contributed by atoms with van der Waals surface area (Å²) in [5.74, 6) is 1.26. The number of methoxy groups -OCH3 is 1.